The molecule has 9 heteroatoms. The zero-order chi connectivity index (χ0) is 22.8. The molecule has 0 aliphatic carbocycles. The fourth-order valence-electron chi connectivity index (χ4n) is 3.14. The van der Waals surface area contributed by atoms with Crippen LogP contribution in [0.25, 0.3) is 0 Å². The molecule has 2 aromatic heterocycles. The molecule has 1 unspecified atom stereocenters. The number of nitrogens with one attached hydrogen (secondary N) is 2. The summed E-state index contributed by atoms with van der Waals surface area (Å²) >= 11 is 0. The van der Waals surface area contributed by atoms with Gasteiger partial charge in [0.25, 0.3) is 0 Å². The summed E-state index contributed by atoms with van der Waals surface area (Å²) < 4.78 is 1.92. The number of aliphatic hydroxyl groups excluding tert-OH is 1. The van der Waals surface area contributed by atoms with Crippen LogP contribution in [0, 0.1) is 6.92 Å². The summed E-state index contributed by atoms with van der Waals surface area (Å²) in [6, 6.07) is 13.9. The van der Waals surface area contributed by atoms with Gasteiger partial charge >= 0.3 is 0 Å². The Labute approximate surface area is 189 Å². The van der Waals surface area contributed by atoms with Crippen molar-refractivity contribution in [3.8, 4) is 0 Å². The summed E-state index contributed by atoms with van der Waals surface area (Å²) in [7, 11) is 4.01. The lowest BCUT2D eigenvalue weighted by atomic mass is 10.1. The Hall–Kier alpha value is -3.46. The molecule has 1 aromatic carbocycles. The molecule has 170 valence electrons. The van der Waals surface area contributed by atoms with Gasteiger partial charge in [-0.3, -0.25) is 4.98 Å². The number of guanidine groups is 1. The molecule has 3 aromatic rings. The Morgan fingerprint density at radius 2 is 1.88 bits per heavy atom. The van der Waals surface area contributed by atoms with Crippen LogP contribution in [-0.4, -0.2) is 57.5 Å². The predicted octanol–water partition coefficient (Wildman–Crippen LogP) is 1.81. The Bertz CT molecular complexity index is 974. The van der Waals surface area contributed by atoms with E-state index in [-0.39, 0.29) is 0 Å². The molecule has 0 aliphatic heterocycles. The number of benzene rings is 1. The van der Waals surface area contributed by atoms with Gasteiger partial charge in [-0.15, -0.1) is 10.2 Å². The van der Waals surface area contributed by atoms with Crippen LogP contribution in [0.15, 0.2) is 59.9 Å². The number of aromatic nitrogens is 4. The van der Waals surface area contributed by atoms with E-state index >= 15 is 0 Å². The molecule has 0 aliphatic rings. The van der Waals surface area contributed by atoms with Crippen molar-refractivity contribution in [1.29, 1.82) is 0 Å². The summed E-state index contributed by atoms with van der Waals surface area (Å²) in [5.41, 5.74) is 2.00. The van der Waals surface area contributed by atoms with E-state index in [1.165, 1.54) is 5.69 Å². The minimum absolute atomic E-state index is 0.331. The Kier molecular flexibility index (Phi) is 8.56. The van der Waals surface area contributed by atoms with Crippen molar-refractivity contribution < 1.29 is 5.11 Å². The molecule has 0 spiro atoms. The van der Waals surface area contributed by atoms with Crippen molar-refractivity contribution >= 4 is 11.6 Å². The summed E-state index contributed by atoms with van der Waals surface area (Å²) in [4.78, 5) is 10.9. The van der Waals surface area contributed by atoms with E-state index in [9.17, 15) is 5.11 Å². The number of hydrogen-bond acceptors (Lipinski definition) is 6. The molecule has 3 N–H and O–H groups in total. The Morgan fingerprint density at radius 3 is 2.56 bits per heavy atom. The van der Waals surface area contributed by atoms with E-state index in [1.54, 1.807) is 24.5 Å². The molecule has 9 nitrogen and oxygen atoms in total. The van der Waals surface area contributed by atoms with Crippen molar-refractivity contribution in [2.24, 2.45) is 12.0 Å². The third-order valence-electron chi connectivity index (χ3n) is 5.27. The van der Waals surface area contributed by atoms with Crippen LogP contribution >= 0.6 is 0 Å². The predicted molar refractivity (Wildman–Crippen MR) is 126 cm³/mol. The van der Waals surface area contributed by atoms with Crippen LogP contribution in [0.4, 0.5) is 5.69 Å². The minimum atomic E-state index is -0.661. The second-order valence-corrected chi connectivity index (χ2v) is 7.60. The van der Waals surface area contributed by atoms with Crippen LogP contribution in [0.1, 0.15) is 29.7 Å². The number of aliphatic hydroxyl groups is 1. The molecule has 0 amide bonds. The number of aryl methyl sites for hydroxylation is 1. The highest BCUT2D eigenvalue weighted by Crippen LogP contribution is 2.11. The number of hydrogen-bond donors (Lipinski definition) is 3. The second-order valence-electron chi connectivity index (χ2n) is 7.60. The third-order valence-corrected chi connectivity index (χ3v) is 5.27. The van der Waals surface area contributed by atoms with Gasteiger partial charge < -0.3 is 25.2 Å². The van der Waals surface area contributed by atoms with E-state index in [0.717, 1.165) is 36.7 Å². The van der Waals surface area contributed by atoms with Crippen LogP contribution in [0.5, 0.6) is 0 Å². The lowest BCUT2D eigenvalue weighted by molar-refractivity contribution is 0.180. The van der Waals surface area contributed by atoms with Gasteiger partial charge in [0.1, 0.15) is 12.4 Å². The molecule has 3 rings (SSSR count). The molecule has 0 fully saturated rings. The normalized spacial score (nSPS) is 12.4. The average molecular weight is 437 g/mol. The number of para-hydroxylation sites is 1. The van der Waals surface area contributed by atoms with Gasteiger partial charge in [-0.1, -0.05) is 18.2 Å². The Balaban J connectivity index is 1.55. The summed E-state index contributed by atoms with van der Waals surface area (Å²) in [6.45, 7) is 4.28. The topological polar surface area (TPSA) is 103 Å². The van der Waals surface area contributed by atoms with Gasteiger partial charge in [0.15, 0.2) is 11.8 Å². The van der Waals surface area contributed by atoms with Crippen LogP contribution in [-0.2, 0) is 13.6 Å². The van der Waals surface area contributed by atoms with Crippen molar-refractivity contribution in [3.63, 3.8) is 0 Å². The van der Waals surface area contributed by atoms with Gasteiger partial charge in [0, 0.05) is 51.8 Å². The zero-order valence-corrected chi connectivity index (χ0v) is 18.9. The molecule has 32 heavy (non-hydrogen) atoms. The van der Waals surface area contributed by atoms with Crippen LogP contribution in [0.3, 0.4) is 0 Å². The number of pyridine rings is 1. The number of rotatable bonds is 10. The first kappa shape index (κ1) is 23.2. The molecule has 0 radical (unpaired) electrons. The van der Waals surface area contributed by atoms with E-state index < -0.39 is 6.10 Å². The molecular formula is C23H32N8O. The van der Waals surface area contributed by atoms with E-state index in [2.05, 4.69) is 54.9 Å². The average Bonchev–Trinajstić information content (AvgIpc) is 3.16. The quantitative estimate of drug-likeness (QED) is 0.253. The summed E-state index contributed by atoms with van der Waals surface area (Å²) in [5, 5.41) is 25.3. The van der Waals surface area contributed by atoms with Crippen molar-refractivity contribution in [2.45, 2.75) is 26.0 Å². The van der Waals surface area contributed by atoms with Crippen molar-refractivity contribution in [1.82, 2.24) is 30.4 Å². The number of anilines is 1. The fraction of sp³-hybridized carbons (Fsp3) is 0.391. The van der Waals surface area contributed by atoms with Gasteiger partial charge in [0.05, 0.1) is 6.10 Å². The maximum absolute atomic E-state index is 10.5. The molecule has 0 bridgehead atoms. The van der Waals surface area contributed by atoms with E-state index in [0.29, 0.717) is 19.0 Å². The SMILES string of the molecule is Cc1nnc(CN=C(NCCCN(C)c2ccccc2)NCC(O)c2ccncc2)n1C. The minimum Gasteiger partial charge on any atom is -0.387 e. The number of nitrogens with zero attached hydrogens (tertiary/aromatic N) is 6. The first-order chi connectivity index (χ1) is 15.5. The maximum Gasteiger partial charge on any atom is 0.191 e. The van der Waals surface area contributed by atoms with Gasteiger partial charge in [0.2, 0.25) is 0 Å². The van der Waals surface area contributed by atoms with Crippen molar-refractivity contribution in [2.75, 3.05) is 31.6 Å². The monoisotopic (exact) mass is 436 g/mol. The summed E-state index contributed by atoms with van der Waals surface area (Å²) in [6.07, 6.45) is 3.62. The molecule has 0 saturated heterocycles. The van der Waals surface area contributed by atoms with Gasteiger partial charge in [-0.25, -0.2) is 4.99 Å². The first-order valence-corrected chi connectivity index (χ1v) is 10.8. The maximum atomic E-state index is 10.5. The largest absolute Gasteiger partial charge is 0.387 e. The zero-order valence-electron chi connectivity index (χ0n) is 18.9. The van der Waals surface area contributed by atoms with Crippen LogP contribution in [0.2, 0.25) is 0 Å². The van der Waals surface area contributed by atoms with Gasteiger partial charge in [-0.05, 0) is 43.2 Å². The molecular weight excluding hydrogens is 404 g/mol. The highest BCUT2D eigenvalue weighted by atomic mass is 16.3. The molecule has 0 saturated carbocycles. The van der Waals surface area contributed by atoms with Crippen LogP contribution < -0.4 is 15.5 Å². The van der Waals surface area contributed by atoms with Gasteiger partial charge in [-0.2, -0.15) is 0 Å². The highest BCUT2D eigenvalue weighted by molar-refractivity contribution is 5.79. The third kappa shape index (κ3) is 6.78. The summed E-state index contributed by atoms with van der Waals surface area (Å²) in [5.74, 6) is 2.25. The second kappa shape index (κ2) is 11.8. The lowest BCUT2D eigenvalue weighted by Crippen LogP contribution is -2.40. The fourth-order valence-corrected chi connectivity index (χ4v) is 3.14. The van der Waals surface area contributed by atoms with Crippen molar-refractivity contribution in [3.05, 3.63) is 72.1 Å². The lowest BCUT2D eigenvalue weighted by Gasteiger charge is -2.20. The smallest absolute Gasteiger partial charge is 0.191 e. The molecule has 1 atom stereocenters. The van der Waals surface area contributed by atoms with E-state index in [1.807, 2.05) is 36.7 Å². The Morgan fingerprint density at radius 1 is 1.12 bits per heavy atom. The van der Waals surface area contributed by atoms with E-state index in [4.69, 9.17) is 0 Å². The first-order valence-electron chi connectivity index (χ1n) is 10.8. The molecule has 2 heterocycles. The highest BCUT2D eigenvalue weighted by Gasteiger charge is 2.10. The number of aliphatic imine (C=N–C) groups is 1. The standard InChI is InChI=1S/C23H32N8O/c1-18-28-29-22(31(18)3)17-27-23(26-16-21(32)19-10-13-24-14-11-19)25-12-7-15-30(2)20-8-5-4-6-9-20/h4-6,8-11,13-14,21,32H,7,12,15-17H2,1-3H3,(H2,25,26,27).